The van der Waals surface area contributed by atoms with E-state index in [1.165, 1.54) is 6.08 Å². The minimum atomic E-state index is -0.257. The molecule has 0 bridgehead atoms. The Morgan fingerprint density at radius 3 is 2.85 bits per heavy atom. The summed E-state index contributed by atoms with van der Waals surface area (Å²) >= 11 is 0. The van der Waals surface area contributed by atoms with Crippen LogP contribution in [-0.2, 0) is 4.79 Å². The summed E-state index contributed by atoms with van der Waals surface area (Å²) in [5.41, 5.74) is 8.53. The van der Waals surface area contributed by atoms with Crippen molar-refractivity contribution in [3.05, 3.63) is 66.5 Å². The Hall–Kier alpha value is -4.18. The van der Waals surface area contributed by atoms with Crippen molar-refractivity contribution in [1.29, 1.82) is 0 Å². The lowest BCUT2D eigenvalue weighted by Gasteiger charge is -2.07. The SMILES string of the molecule is C#CNc1cc(-c2cccc(NC(=O)/C=C/c3cccnc3)c2)nc(N)n1. The van der Waals surface area contributed by atoms with E-state index in [1.54, 1.807) is 42.7 Å². The van der Waals surface area contributed by atoms with E-state index in [4.69, 9.17) is 12.2 Å². The maximum atomic E-state index is 12.1. The van der Waals surface area contributed by atoms with E-state index in [2.05, 4.69) is 31.6 Å². The summed E-state index contributed by atoms with van der Waals surface area (Å²) in [6.07, 6.45) is 11.7. The minimum Gasteiger partial charge on any atom is -0.368 e. The first-order valence-electron chi connectivity index (χ1n) is 8.00. The Morgan fingerprint density at radius 1 is 1.19 bits per heavy atom. The van der Waals surface area contributed by atoms with Gasteiger partial charge in [-0.2, -0.15) is 4.98 Å². The molecule has 0 spiro atoms. The number of nitrogens with zero attached hydrogens (tertiary/aromatic N) is 3. The monoisotopic (exact) mass is 356 g/mol. The zero-order valence-corrected chi connectivity index (χ0v) is 14.3. The van der Waals surface area contributed by atoms with Crippen molar-refractivity contribution in [1.82, 2.24) is 15.0 Å². The van der Waals surface area contributed by atoms with Crippen molar-refractivity contribution >= 4 is 29.4 Å². The van der Waals surface area contributed by atoms with Gasteiger partial charge in [0.05, 0.1) is 5.69 Å². The van der Waals surface area contributed by atoms with E-state index in [0.717, 1.165) is 11.1 Å². The smallest absolute Gasteiger partial charge is 0.248 e. The second kappa shape index (κ2) is 8.27. The fourth-order valence-electron chi connectivity index (χ4n) is 2.34. The molecule has 1 aromatic carbocycles. The molecule has 2 heterocycles. The van der Waals surface area contributed by atoms with Gasteiger partial charge in [-0.1, -0.05) is 24.6 Å². The highest BCUT2D eigenvalue weighted by Crippen LogP contribution is 2.23. The lowest BCUT2D eigenvalue weighted by atomic mass is 10.1. The molecular formula is C20H16N6O. The Bertz CT molecular complexity index is 1020. The van der Waals surface area contributed by atoms with E-state index in [0.29, 0.717) is 17.2 Å². The molecule has 132 valence electrons. The number of anilines is 3. The van der Waals surface area contributed by atoms with Crippen LogP contribution in [0, 0.1) is 12.5 Å². The predicted molar refractivity (Wildman–Crippen MR) is 106 cm³/mol. The van der Waals surface area contributed by atoms with Gasteiger partial charge < -0.3 is 11.1 Å². The molecule has 0 saturated heterocycles. The molecular weight excluding hydrogens is 340 g/mol. The quantitative estimate of drug-likeness (QED) is 0.369. The van der Waals surface area contributed by atoms with Gasteiger partial charge in [-0.15, -0.1) is 0 Å². The maximum absolute atomic E-state index is 12.1. The number of benzene rings is 1. The molecule has 0 atom stereocenters. The Labute approximate surface area is 156 Å². The molecule has 4 N–H and O–H groups in total. The molecule has 1 amide bonds. The molecule has 0 aliphatic heterocycles. The number of aromatic nitrogens is 3. The van der Waals surface area contributed by atoms with E-state index in [1.807, 2.05) is 18.2 Å². The van der Waals surface area contributed by atoms with Crippen molar-refractivity contribution in [2.24, 2.45) is 0 Å². The van der Waals surface area contributed by atoms with E-state index in [9.17, 15) is 4.79 Å². The Balaban J connectivity index is 1.77. The third-order valence-electron chi connectivity index (χ3n) is 3.48. The first kappa shape index (κ1) is 17.6. The number of pyridine rings is 1. The number of hydrogen-bond acceptors (Lipinski definition) is 6. The molecule has 3 aromatic rings. The van der Waals surface area contributed by atoms with Gasteiger partial charge in [0.25, 0.3) is 0 Å². The van der Waals surface area contributed by atoms with Crippen LogP contribution in [0.1, 0.15) is 5.56 Å². The number of carbonyl (C=O) groups is 1. The van der Waals surface area contributed by atoms with Crippen LogP contribution in [0.3, 0.4) is 0 Å². The zero-order chi connectivity index (χ0) is 19.1. The molecule has 0 saturated carbocycles. The largest absolute Gasteiger partial charge is 0.368 e. The summed E-state index contributed by atoms with van der Waals surface area (Å²) in [7, 11) is 0. The molecule has 3 rings (SSSR count). The van der Waals surface area contributed by atoms with Crippen molar-refractivity contribution in [2.75, 3.05) is 16.4 Å². The number of nitrogen functional groups attached to an aromatic ring is 1. The highest BCUT2D eigenvalue weighted by molar-refractivity contribution is 6.02. The molecule has 0 aliphatic rings. The number of nitrogens with two attached hydrogens (primary N) is 1. The number of nitrogens with one attached hydrogen (secondary N) is 2. The first-order valence-corrected chi connectivity index (χ1v) is 8.00. The summed E-state index contributed by atoms with van der Waals surface area (Å²) in [5, 5.41) is 5.46. The van der Waals surface area contributed by atoms with Gasteiger partial charge in [-0.25, -0.2) is 4.98 Å². The third kappa shape index (κ3) is 4.90. The Morgan fingerprint density at radius 2 is 2.07 bits per heavy atom. The highest BCUT2D eigenvalue weighted by atomic mass is 16.1. The van der Waals surface area contributed by atoms with Gasteiger partial charge in [0.2, 0.25) is 11.9 Å². The van der Waals surface area contributed by atoms with Crippen LogP contribution >= 0.6 is 0 Å². The van der Waals surface area contributed by atoms with E-state index < -0.39 is 0 Å². The standard InChI is InChI=1S/C20H16N6O/c1-2-23-18-12-17(25-20(21)26-18)15-6-3-7-16(11-15)24-19(27)9-8-14-5-4-10-22-13-14/h1,3-13H,(H,24,27)(H3,21,23,25,26)/b9-8+. The average molecular weight is 356 g/mol. The molecule has 0 aliphatic carbocycles. The lowest BCUT2D eigenvalue weighted by Crippen LogP contribution is -2.07. The normalized spacial score (nSPS) is 10.3. The highest BCUT2D eigenvalue weighted by Gasteiger charge is 2.06. The number of hydrogen-bond donors (Lipinski definition) is 3. The first-order chi connectivity index (χ1) is 13.1. The molecule has 7 nitrogen and oxygen atoms in total. The Kier molecular flexibility index (Phi) is 5.40. The van der Waals surface area contributed by atoms with Crippen LogP contribution in [0.15, 0.2) is 60.9 Å². The topological polar surface area (TPSA) is 106 Å². The van der Waals surface area contributed by atoms with Crippen LogP contribution in [0.25, 0.3) is 17.3 Å². The molecule has 0 radical (unpaired) electrons. The number of rotatable bonds is 5. The van der Waals surface area contributed by atoms with E-state index in [-0.39, 0.29) is 11.9 Å². The summed E-state index contributed by atoms with van der Waals surface area (Å²) in [6, 6.07) is 14.9. The molecule has 7 heteroatoms. The number of amides is 1. The van der Waals surface area contributed by atoms with Crippen molar-refractivity contribution in [3.8, 4) is 23.7 Å². The van der Waals surface area contributed by atoms with Crippen LogP contribution in [-0.4, -0.2) is 20.9 Å². The van der Waals surface area contributed by atoms with Gasteiger partial charge in [0, 0.05) is 41.8 Å². The van der Waals surface area contributed by atoms with Crippen LogP contribution in [0.5, 0.6) is 0 Å². The lowest BCUT2D eigenvalue weighted by molar-refractivity contribution is -0.111. The molecule has 2 aromatic heterocycles. The van der Waals surface area contributed by atoms with Gasteiger partial charge >= 0.3 is 0 Å². The second-order valence-electron chi connectivity index (χ2n) is 5.46. The maximum Gasteiger partial charge on any atom is 0.248 e. The van der Waals surface area contributed by atoms with Gasteiger partial charge in [-0.3, -0.25) is 15.1 Å². The van der Waals surface area contributed by atoms with Crippen molar-refractivity contribution in [3.63, 3.8) is 0 Å². The fourth-order valence-corrected chi connectivity index (χ4v) is 2.34. The fraction of sp³-hybridized carbons (Fsp3) is 0. The van der Waals surface area contributed by atoms with E-state index >= 15 is 0 Å². The van der Waals surface area contributed by atoms with Crippen molar-refractivity contribution < 1.29 is 4.79 Å². The average Bonchev–Trinajstić information content (AvgIpc) is 2.67. The van der Waals surface area contributed by atoms with Crippen molar-refractivity contribution in [2.45, 2.75) is 0 Å². The number of carbonyl (C=O) groups excluding carboxylic acids is 1. The third-order valence-corrected chi connectivity index (χ3v) is 3.48. The van der Waals surface area contributed by atoms with Crippen LogP contribution in [0.2, 0.25) is 0 Å². The van der Waals surface area contributed by atoms with Gasteiger partial charge in [-0.05, 0) is 29.8 Å². The van der Waals surface area contributed by atoms with Crippen LogP contribution < -0.4 is 16.4 Å². The number of terminal acetylenes is 1. The predicted octanol–water partition coefficient (Wildman–Crippen LogP) is 2.78. The summed E-state index contributed by atoms with van der Waals surface area (Å²) in [5.74, 6) is 0.265. The molecule has 0 fully saturated rings. The zero-order valence-electron chi connectivity index (χ0n) is 14.3. The summed E-state index contributed by atoms with van der Waals surface area (Å²) < 4.78 is 0. The minimum absolute atomic E-state index is 0.0964. The molecule has 27 heavy (non-hydrogen) atoms. The summed E-state index contributed by atoms with van der Waals surface area (Å²) in [4.78, 5) is 24.3. The van der Waals surface area contributed by atoms with Gasteiger partial charge in [0.1, 0.15) is 5.82 Å². The summed E-state index contributed by atoms with van der Waals surface area (Å²) in [6.45, 7) is 0. The van der Waals surface area contributed by atoms with Gasteiger partial charge in [0.15, 0.2) is 0 Å². The van der Waals surface area contributed by atoms with Crippen LogP contribution in [0.4, 0.5) is 17.5 Å². The molecule has 0 unspecified atom stereocenters. The second-order valence-corrected chi connectivity index (χ2v) is 5.46.